The van der Waals surface area contributed by atoms with E-state index in [1.54, 1.807) is 0 Å². The smallest absolute Gasteiger partial charge is 0.0130 e. The van der Waals surface area contributed by atoms with Gasteiger partial charge in [0.05, 0.1) is 0 Å². The van der Waals surface area contributed by atoms with Crippen LogP contribution in [0.4, 0.5) is 0 Å². The van der Waals surface area contributed by atoms with E-state index < -0.39 is 0 Å². The van der Waals surface area contributed by atoms with Crippen molar-refractivity contribution < 1.29 is 0 Å². The minimum Gasteiger partial charge on any atom is -0.318 e. The van der Waals surface area contributed by atoms with E-state index in [4.69, 9.17) is 0 Å². The molecule has 0 aliphatic heterocycles. The van der Waals surface area contributed by atoms with Gasteiger partial charge in [0.15, 0.2) is 0 Å². The van der Waals surface area contributed by atoms with Crippen LogP contribution in [0.2, 0.25) is 0 Å². The van der Waals surface area contributed by atoms with Crippen molar-refractivity contribution >= 4 is 0 Å². The van der Waals surface area contributed by atoms with Crippen LogP contribution in [-0.2, 0) is 0 Å². The van der Waals surface area contributed by atoms with Gasteiger partial charge in [0.2, 0.25) is 0 Å². The van der Waals surface area contributed by atoms with Gasteiger partial charge in [-0.2, -0.15) is 0 Å². The summed E-state index contributed by atoms with van der Waals surface area (Å²) in [5.74, 6) is 0. The summed E-state index contributed by atoms with van der Waals surface area (Å²) in [4.78, 5) is 0. The van der Waals surface area contributed by atoms with Crippen LogP contribution in [0, 0.1) is 5.41 Å². The molecule has 0 fully saturated rings. The predicted molar refractivity (Wildman–Crippen MR) is 60.1 cm³/mol. The Hall–Kier alpha value is -0.0800. The quantitative estimate of drug-likeness (QED) is 0.642. The molecule has 0 aromatic carbocycles. The third-order valence-electron chi connectivity index (χ3n) is 1.95. The summed E-state index contributed by atoms with van der Waals surface area (Å²) in [7, 11) is 1.98. The molecule has 0 unspecified atom stereocenters. The van der Waals surface area contributed by atoms with Gasteiger partial charge < -0.3 is 10.6 Å². The second-order valence-electron chi connectivity index (χ2n) is 5.65. The molecule has 0 heterocycles. The third kappa shape index (κ3) is 8.26. The first-order valence-electron chi connectivity index (χ1n) is 5.16. The van der Waals surface area contributed by atoms with E-state index in [2.05, 4.69) is 45.3 Å². The van der Waals surface area contributed by atoms with E-state index in [0.29, 0.717) is 5.41 Å². The van der Waals surface area contributed by atoms with Crippen LogP contribution in [-0.4, -0.2) is 25.7 Å². The lowest BCUT2D eigenvalue weighted by Gasteiger charge is -2.33. The number of nitrogens with one attached hydrogen (secondary N) is 2. The van der Waals surface area contributed by atoms with E-state index in [0.717, 1.165) is 13.1 Å². The van der Waals surface area contributed by atoms with Crippen LogP contribution in [0.5, 0.6) is 0 Å². The molecule has 80 valence electrons. The van der Waals surface area contributed by atoms with Gasteiger partial charge in [-0.05, 0) is 32.7 Å². The van der Waals surface area contributed by atoms with Gasteiger partial charge in [-0.15, -0.1) is 0 Å². The first-order chi connectivity index (χ1) is 5.77. The molecule has 0 aliphatic rings. The first kappa shape index (κ1) is 12.9. The SMILES string of the molecule is CNCCNC(C)(C)CC(C)(C)C. The van der Waals surface area contributed by atoms with E-state index in [1.807, 2.05) is 7.05 Å². The van der Waals surface area contributed by atoms with Gasteiger partial charge >= 0.3 is 0 Å². The number of likely N-dealkylation sites (N-methyl/N-ethyl adjacent to an activating group) is 1. The first-order valence-corrected chi connectivity index (χ1v) is 5.16. The molecule has 2 heteroatoms. The molecule has 2 nitrogen and oxygen atoms in total. The van der Waals surface area contributed by atoms with E-state index in [1.165, 1.54) is 6.42 Å². The highest BCUT2D eigenvalue weighted by Crippen LogP contribution is 2.26. The molecule has 0 radical (unpaired) electrons. The lowest BCUT2D eigenvalue weighted by atomic mass is 9.82. The molecule has 0 aliphatic carbocycles. The lowest BCUT2D eigenvalue weighted by Crippen LogP contribution is -2.44. The Morgan fingerprint density at radius 2 is 1.46 bits per heavy atom. The number of hydrogen-bond donors (Lipinski definition) is 2. The zero-order valence-electron chi connectivity index (χ0n) is 10.1. The molecule has 13 heavy (non-hydrogen) atoms. The normalized spacial score (nSPS) is 13.4. The van der Waals surface area contributed by atoms with Gasteiger partial charge in [0.1, 0.15) is 0 Å². The fraction of sp³-hybridized carbons (Fsp3) is 1.00. The fourth-order valence-corrected chi connectivity index (χ4v) is 1.91. The Morgan fingerprint density at radius 1 is 0.923 bits per heavy atom. The van der Waals surface area contributed by atoms with Crippen molar-refractivity contribution in [2.24, 2.45) is 5.41 Å². The maximum atomic E-state index is 3.55. The van der Waals surface area contributed by atoms with E-state index >= 15 is 0 Å². The van der Waals surface area contributed by atoms with Gasteiger partial charge in [0, 0.05) is 18.6 Å². The van der Waals surface area contributed by atoms with Crippen molar-refractivity contribution in [3.8, 4) is 0 Å². The maximum Gasteiger partial charge on any atom is 0.0130 e. The number of rotatable bonds is 5. The Labute approximate surface area is 83.5 Å². The van der Waals surface area contributed by atoms with E-state index in [9.17, 15) is 0 Å². The zero-order valence-corrected chi connectivity index (χ0v) is 10.1. The fourth-order valence-electron chi connectivity index (χ4n) is 1.91. The summed E-state index contributed by atoms with van der Waals surface area (Å²) in [6, 6.07) is 0. The average Bonchev–Trinajstić information content (AvgIpc) is 1.81. The Bertz CT molecular complexity index is 134. The van der Waals surface area contributed by atoms with Crippen molar-refractivity contribution in [1.82, 2.24) is 10.6 Å². The standard InChI is InChI=1S/C11H26N2/c1-10(2,3)9-11(4,5)13-8-7-12-6/h12-13H,7-9H2,1-6H3. The Balaban J connectivity index is 3.80. The van der Waals surface area contributed by atoms with Crippen molar-refractivity contribution in [2.45, 2.75) is 46.6 Å². The largest absolute Gasteiger partial charge is 0.318 e. The predicted octanol–water partition coefficient (Wildman–Crippen LogP) is 2.01. The van der Waals surface area contributed by atoms with Crippen molar-refractivity contribution in [3.63, 3.8) is 0 Å². The van der Waals surface area contributed by atoms with E-state index in [-0.39, 0.29) is 5.54 Å². The number of hydrogen-bond acceptors (Lipinski definition) is 2. The topological polar surface area (TPSA) is 24.1 Å². The molecule has 2 N–H and O–H groups in total. The summed E-state index contributed by atoms with van der Waals surface area (Å²) in [5.41, 5.74) is 0.644. The van der Waals surface area contributed by atoms with Crippen LogP contribution >= 0.6 is 0 Å². The minimum absolute atomic E-state index is 0.245. The monoisotopic (exact) mass is 186 g/mol. The Morgan fingerprint density at radius 3 is 1.85 bits per heavy atom. The summed E-state index contributed by atoms with van der Waals surface area (Å²) in [6.07, 6.45) is 1.20. The summed E-state index contributed by atoms with van der Waals surface area (Å²) in [5, 5.41) is 6.69. The van der Waals surface area contributed by atoms with Crippen LogP contribution in [0.1, 0.15) is 41.0 Å². The molecule has 0 spiro atoms. The molecule has 0 rings (SSSR count). The molecule has 0 saturated carbocycles. The van der Waals surface area contributed by atoms with Crippen LogP contribution in [0.15, 0.2) is 0 Å². The Kier molecular flexibility index (Phi) is 4.93. The molecular weight excluding hydrogens is 160 g/mol. The molecule has 0 bridgehead atoms. The summed E-state index contributed by atoms with van der Waals surface area (Å²) in [6.45, 7) is 13.5. The van der Waals surface area contributed by atoms with Crippen LogP contribution in [0.25, 0.3) is 0 Å². The molecule has 0 aromatic rings. The molecule has 0 amide bonds. The highest BCUT2D eigenvalue weighted by Gasteiger charge is 2.24. The molecule has 0 saturated heterocycles. The van der Waals surface area contributed by atoms with Crippen molar-refractivity contribution in [2.75, 3.05) is 20.1 Å². The average molecular weight is 186 g/mol. The van der Waals surface area contributed by atoms with Crippen LogP contribution < -0.4 is 10.6 Å². The highest BCUT2D eigenvalue weighted by molar-refractivity contribution is 4.83. The van der Waals surface area contributed by atoms with Crippen LogP contribution in [0.3, 0.4) is 0 Å². The third-order valence-corrected chi connectivity index (χ3v) is 1.95. The van der Waals surface area contributed by atoms with Crippen molar-refractivity contribution in [3.05, 3.63) is 0 Å². The molecular formula is C11H26N2. The van der Waals surface area contributed by atoms with Crippen molar-refractivity contribution in [1.29, 1.82) is 0 Å². The van der Waals surface area contributed by atoms with Gasteiger partial charge in [-0.3, -0.25) is 0 Å². The molecule has 0 aromatic heterocycles. The maximum absolute atomic E-state index is 3.55. The highest BCUT2D eigenvalue weighted by atomic mass is 15.0. The van der Waals surface area contributed by atoms with Gasteiger partial charge in [-0.1, -0.05) is 20.8 Å². The summed E-state index contributed by atoms with van der Waals surface area (Å²) >= 11 is 0. The summed E-state index contributed by atoms with van der Waals surface area (Å²) < 4.78 is 0. The second-order valence-corrected chi connectivity index (χ2v) is 5.65. The zero-order chi connectivity index (χ0) is 10.5. The lowest BCUT2D eigenvalue weighted by molar-refractivity contribution is 0.243. The minimum atomic E-state index is 0.245. The second kappa shape index (κ2) is 4.97. The van der Waals surface area contributed by atoms with Gasteiger partial charge in [0.25, 0.3) is 0 Å². The van der Waals surface area contributed by atoms with Gasteiger partial charge in [-0.25, -0.2) is 0 Å². The molecule has 0 atom stereocenters.